The third kappa shape index (κ3) is 5.19. The van der Waals surface area contributed by atoms with Gasteiger partial charge in [0.15, 0.2) is 17.5 Å². The van der Waals surface area contributed by atoms with Crippen molar-refractivity contribution >= 4 is 5.57 Å². The van der Waals surface area contributed by atoms with Crippen LogP contribution in [-0.2, 0) is 5.41 Å². The zero-order chi connectivity index (χ0) is 30.8. The molecule has 45 heavy (non-hydrogen) atoms. The first-order valence-corrected chi connectivity index (χ1v) is 16.0. The molecule has 4 heteroatoms. The monoisotopic (exact) mass is 584 g/mol. The maximum atomic E-state index is 9.66. The highest BCUT2D eigenvalue weighted by atomic mass is 15.0. The number of nitriles is 1. The lowest BCUT2D eigenvalue weighted by Crippen LogP contribution is -2.34. The lowest BCUT2D eigenvalue weighted by atomic mass is 9.63. The summed E-state index contributed by atoms with van der Waals surface area (Å²) in [6, 6.07) is 28.0. The van der Waals surface area contributed by atoms with E-state index in [1.807, 2.05) is 61.6 Å². The minimum atomic E-state index is 0.133. The molecular formula is C41H36N4. The summed E-state index contributed by atoms with van der Waals surface area (Å²) in [5.41, 5.74) is 8.87. The molecule has 3 aliphatic rings. The molecule has 0 N–H and O–H groups in total. The Hall–Kier alpha value is -5.14. The molecule has 1 saturated carbocycles. The molecule has 4 nitrogen and oxygen atoms in total. The van der Waals surface area contributed by atoms with Crippen LogP contribution in [0.5, 0.6) is 0 Å². The molecule has 3 aromatic carbocycles. The Morgan fingerprint density at radius 2 is 1.60 bits per heavy atom. The van der Waals surface area contributed by atoms with Crippen LogP contribution >= 0.6 is 0 Å². The van der Waals surface area contributed by atoms with E-state index in [2.05, 4.69) is 67.3 Å². The van der Waals surface area contributed by atoms with Crippen LogP contribution in [-0.4, -0.2) is 15.0 Å². The highest BCUT2D eigenvalue weighted by molar-refractivity contribution is 5.76. The van der Waals surface area contributed by atoms with E-state index in [9.17, 15) is 5.26 Å². The van der Waals surface area contributed by atoms with E-state index in [1.165, 1.54) is 48.8 Å². The van der Waals surface area contributed by atoms with Crippen molar-refractivity contribution in [3.63, 3.8) is 0 Å². The van der Waals surface area contributed by atoms with Crippen LogP contribution < -0.4 is 0 Å². The van der Waals surface area contributed by atoms with E-state index >= 15 is 0 Å². The fourth-order valence-electron chi connectivity index (χ4n) is 7.69. The molecule has 220 valence electrons. The zero-order valence-corrected chi connectivity index (χ0v) is 25.7. The van der Waals surface area contributed by atoms with Gasteiger partial charge in [-0.25, -0.2) is 15.0 Å². The number of benzene rings is 3. The molecule has 1 spiro atoms. The largest absolute Gasteiger partial charge is 0.208 e. The first-order chi connectivity index (χ1) is 22.1. The second-order valence-electron chi connectivity index (χ2n) is 12.3. The predicted octanol–water partition coefficient (Wildman–Crippen LogP) is 9.95. The fraction of sp³-hybridized carbons (Fsp3) is 0.220. The number of aromatic nitrogens is 3. The lowest BCUT2D eigenvalue weighted by Gasteiger charge is -2.40. The lowest BCUT2D eigenvalue weighted by molar-refractivity contribution is 0.233. The molecule has 1 heterocycles. The van der Waals surface area contributed by atoms with E-state index in [1.54, 1.807) is 6.08 Å². The van der Waals surface area contributed by atoms with Crippen molar-refractivity contribution < 1.29 is 0 Å². The smallest absolute Gasteiger partial charge is 0.164 e. The van der Waals surface area contributed by atoms with Gasteiger partial charge in [0.1, 0.15) is 0 Å². The van der Waals surface area contributed by atoms with Crippen LogP contribution in [0.25, 0.3) is 39.5 Å². The molecule has 0 bridgehead atoms. The Labute approximate surface area is 265 Å². The first-order valence-electron chi connectivity index (χ1n) is 16.0. The van der Waals surface area contributed by atoms with E-state index < -0.39 is 0 Å². The van der Waals surface area contributed by atoms with Crippen LogP contribution in [0.2, 0.25) is 0 Å². The van der Waals surface area contributed by atoms with Gasteiger partial charge in [0, 0.05) is 33.6 Å². The van der Waals surface area contributed by atoms with Crippen molar-refractivity contribution in [3.8, 4) is 40.0 Å². The van der Waals surface area contributed by atoms with Gasteiger partial charge >= 0.3 is 0 Å². The zero-order valence-electron chi connectivity index (χ0n) is 25.7. The maximum absolute atomic E-state index is 9.66. The van der Waals surface area contributed by atoms with Crippen LogP contribution in [0.1, 0.15) is 61.9 Å². The summed E-state index contributed by atoms with van der Waals surface area (Å²) in [5, 5.41) is 9.66. The van der Waals surface area contributed by atoms with Gasteiger partial charge in [-0.2, -0.15) is 5.26 Å². The van der Waals surface area contributed by atoms with Crippen LogP contribution in [0, 0.1) is 17.2 Å². The number of nitrogens with zero attached hydrogens (tertiary/aromatic N) is 4. The molecule has 0 radical (unpaired) electrons. The van der Waals surface area contributed by atoms with Gasteiger partial charge in [-0.15, -0.1) is 0 Å². The Morgan fingerprint density at radius 1 is 0.867 bits per heavy atom. The van der Waals surface area contributed by atoms with Crippen molar-refractivity contribution in [2.24, 2.45) is 5.92 Å². The molecule has 4 aromatic rings. The minimum Gasteiger partial charge on any atom is -0.208 e. The fourth-order valence-corrected chi connectivity index (χ4v) is 7.69. The van der Waals surface area contributed by atoms with Crippen molar-refractivity contribution in [2.75, 3.05) is 0 Å². The molecule has 0 saturated heterocycles. The highest BCUT2D eigenvalue weighted by Crippen LogP contribution is 2.60. The highest BCUT2D eigenvalue weighted by Gasteiger charge is 2.51. The topological polar surface area (TPSA) is 62.5 Å². The summed E-state index contributed by atoms with van der Waals surface area (Å²) >= 11 is 0. The second kappa shape index (κ2) is 12.1. The van der Waals surface area contributed by atoms with E-state index in [0.29, 0.717) is 23.4 Å². The number of hydrogen-bond donors (Lipinski definition) is 0. The van der Waals surface area contributed by atoms with E-state index in [4.69, 9.17) is 15.0 Å². The van der Waals surface area contributed by atoms with Crippen LogP contribution in [0.4, 0.5) is 0 Å². The summed E-state index contributed by atoms with van der Waals surface area (Å²) in [6.07, 6.45) is 20.5. The molecule has 2 unspecified atom stereocenters. The third-order valence-electron chi connectivity index (χ3n) is 9.71. The number of allylic oxidation sites excluding steroid dienone is 9. The number of hydrogen-bond acceptors (Lipinski definition) is 4. The Kier molecular flexibility index (Phi) is 7.69. The molecule has 7 rings (SSSR count). The molecule has 1 fully saturated rings. The summed E-state index contributed by atoms with van der Waals surface area (Å²) < 4.78 is 0. The van der Waals surface area contributed by atoms with Crippen molar-refractivity contribution in [1.29, 1.82) is 5.26 Å². The minimum absolute atomic E-state index is 0.133. The Morgan fingerprint density at radius 3 is 2.36 bits per heavy atom. The quantitative estimate of drug-likeness (QED) is 0.212. The van der Waals surface area contributed by atoms with Crippen molar-refractivity contribution in [2.45, 2.75) is 50.4 Å². The van der Waals surface area contributed by atoms with Crippen molar-refractivity contribution in [1.82, 2.24) is 15.0 Å². The average molecular weight is 585 g/mol. The van der Waals surface area contributed by atoms with Gasteiger partial charge in [0.05, 0.1) is 6.07 Å². The van der Waals surface area contributed by atoms with Gasteiger partial charge in [0.2, 0.25) is 0 Å². The summed E-state index contributed by atoms with van der Waals surface area (Å²) in [5.74, 6) is 2.57. The molecular weight excluding hydrogens is 548 g/mol. The molecule has 0 aliphatic heterocycles. The van der Waals surface area contributed by atoms with Gasteiger partial charge in [-0.3, -0.25) is 0 Å². The Balaban J connectivity index is 1.33. The first kappa shape index (κ1) is 28.6. The molecule has 2 atom stereocenters. The number of rotatable bonds is 6. The molecule has 1 aromatic heterocycles. The predicted molar refractivity (Wildman–Crippen MR) is 183 cm³/mol. The van der Waals surface area contributed by atoms with Crippen LogP contribution in [0.3, 0.4) is 0 Å². The summed E-state index contributed by atoms with van der Waals surface area (Å²) in [6.45, 7) is 5.88. The van der Waals surface area contributed by atoms with Gasteiger partial charge in [-0.05, 0) is 60.1 Å². The number of fused-ring (bicyclic) bond motifs is 5. The standard InChI is InChI=1S/C41H36N4/c1-3-12-29(13-4-2)38-43-39(30-14-7-5-8-15-30)45-40(44-38)33-17-11-16-31(25-33)32-19-20-34-35-24-28(27-42)18-21-36(35)41(37(34)26-32)22-9-6-10-23-41/h3-5,7-8,11-21,24-26,35-36H,1,6,9-10,22-23H2,2H3/b13-4-,29-12+. The van der Waals surface area contributed by atoms with E-state index in [0.717, 1.165) is 27.8 Å². The van der Waals surface area contributed by atoms with Gasteiger partial charge in [0.25, 0.3) is 0 Å². The normalized spacial score (nSPS) is 20.0. The summed E-state index contributed by atoms with van der Waals surface area (Å²) in [4.78, 5) is 14.8. The summed E-state index contributed by atoms with van der Waals surface area (Å²) in [7, 11) is 0. The third-order valence-corrected chi connectivity index (χ3v) is 9.71. The average Bonchev–Trinajstić information content (AvgIpc) is 3.36. The second-order valence-corrected chi connectivity index (χ2v) is 12.3. The molecule has 3 aliphatic carbocycles. The Bertz CT molecular complexity index is 1930. The molecule has 0 amide bonds. The van der Waals surface area contributed by atoms with Gasteiger partial charge in [-0.1, -0.05) is 129 Å². The SMILES string of the molecule is C=C/C=C(\C=C/C)c1nc(-c2ccccc2)nc(-c2cccc(-c3ccc4c(c3)C3(CCCCC3)C3C=CC(C#N)=CC43)c2)n1. The van der Waals surface area contributed by atoms with Crippen LogP contribution in [0.15, 0.2) is 127 Å². The van der Waals surface area contributed by atoms with Gasteiger partial charge < -0.3 is 0 Å². The van der Waals surface area contributed by atoms with Crippen molar-refractivity contribution in [3.05, 3.63) is 144 Å². The van der Waals surface area contributed by atoms with E-state index in [-0.39, 0.29) is 11.3 Å². The maximum Gasteiger partial charge on any atom is 0.164 e.